The number of rotatable bonds is 2. The van der Waals surface area contributed by atoms with Crippen LogP contribution in [0.1, 0.15) is 36.1 Å². The van der Waals surface area contributed by atoms with Crippen molar-refractivity contribution in [2.24, 2.45) is 0 Å². The van der Waals surface area contributed by atoms with Crippen LogP contribution in [0.2, 0.25) is 0 Å². The average molecular weight is 319 g/mol. The number of esters is 1. The van der Waals surface area contributed by atoms with E-state index in [0.29, 0.717) is 0 Å². The van der Waals surface area contributed by atoms with Gasteiger partial charge in [-0.1, -0.05) is 55.0 Å². The van der Waals surface area contributed by atoms with Gasteiger partial charge >= 0.3 is 5.97 Å². The first-order valence-electron chi connectivity index (χ1n) is 8.51. The number of nitrogens with one attached hydrogen (secondary N) is 1. The van der Waals surface area contributed by atoms with E-state index in [1.54, 1.807) is 0 Å². The normalized spacial score (nSPS) is 20.4. The fourth-order valence-electron chi connectivity index (χ4n) is 4.15. The number of aromatic amines is 1. The van der Waals surface area contributed by atoms with Gasteiger partial charge in [0.1, 0.15) is 5.41 Å². The molecule has 3 heteroatoms. The number of methoxy groups -OCH3 is 1. The lowest BCUT2D eigenvalue weighted by Gasteiger charge is -2.30. The molecule has 1 N–H and O–H groups in total. The third kappa shape index (κ3) is 2.08. The number of aryl methyl sites for hydroxylation is 1. The van der Waals surface area contributed by atoms with Crippen LogP contribution in [0.3, 0.4) is 0 Å². The van der Waals surface area contributed by atoms with E-state index in [2.05, 4.69) is 23.2 Å². The van der Waals surface area contributed by atoms with Crippen molar-refractivity contribution in [1.29, 1.82) is 0 Å². The second-order valence-corrected chi connectivity index (χ2v) is 6.49. The third-order valence-electron chi connectivity index (χ3n) is 5.27. The Morgan fingerprint density at radius 1 is 1.04 bits per heavy atom. The topological polar surface area (TPSA) is 42.1 Å². The zero-order chi connectivity index (χ0) is 16.6. The molecule has 3 aromatic rings. The summed E-state index contributed by atoms with van der Waals surface area (Å²) in [6.45, 7) is 0. The van der Waals surface area contributed by atoms with Crippen LogP contribution in [0.5, 0.6) is 0 Å². The molecule has 0 amide bonds. The van der Waals surface area contributed by atoms with E-state index in [1.807, 2.05) is 36.4 Å². The van der Waals surface area contributed by atoms with Crippen molar-refractivity contribution in [1.82, 2.24) is 4.98 Å². The minimum absolute atomic E-state index is 0.177. The second-order valence-electron chi connectivity index (χ2n) is 6.49. The van der Waals surface area contributed by atoms with Crippen LogP contribution in [-0.4, -0.2) is 18.1 Å². The SMILES string of the molecule is COC(=O)[C@]1(c2ccccc2)CCCCc2c1[nH]c1ccccc21. The minimum atomic E-state index is -0.749. The number of hydrogen-bond acceptors (Lipinski definition) is 2. The highest BCUT2D eigenvalue weighted by atomic mass is 16.5. The summed E-state index contributed by atoms with van der Waals surface area (Å²) in [4.78, 5) is 16.6. The number of fused-ring (bicyclic) bond motifs is 3. The molecule has 0 unspecified atom stereocenters. The van der Waals surface area contributed by atoms with Gasteiger partial charge in [0.05, 0.1) is 7.11 Å². The van der Waals surface area contributed by atoms with Gasteiger partial charge < -0.3 is 9.72 Å². The van der Waals surface area contributed by atoms with Gasteiger partial charge in [0.2, 0.25) is 0 Å². The first-order chi connectivity index (χ1) is 11.8. The molecule has 0 bridgehead atoms. The Bertz CT molecular complexity index is 881. The Kier molecular flexibility index (Phi) is 3.64. The van der Waals surface area contributed by atoms with Crippen LogP contribution in [0.25, 0.3) is 10.9 Å². The van der Waals surface area contributed by atoms with Crippen molar-refractivity contribution in [2.75, 3.05) is 7.11 Å². The van der Waals surface area contributed by atoms with Crippen molar-refractivity contribution in [3.63, 3.8) is 0 Å². The highest BCUT2D eigenvalue weighted by Crippen LogP contribution is 2.44. The molecule has 1 aliphatic carbocycles. The van der Waals surface area contributed by atoms with Crippen molar-refractivity contribution < 1.29 is 9.53 Å². The fourth-order valence-corrected chi connectivity index (χ4v) is 4.15. The lowest BCUT2D eigenvalue weighted by Crippen LogP contribution is -2.38. The van der Waals surface area contributed by atoms with Gasteiger partial charge in [-0.3, -0.25) is 4.79 Å². The quantitative estimate of drug-likeness (QED) is 0.563. The van der Waals surface area contributed by atoms with E-state index in [-0.39, 0.29) is 5.97 Å². The largest absolute Gasteiger partial charge is 0.468 e. The fraction of sp³-hybridized carbons (Fsp3) is 0.286. The van der Waals surface area contributed by atoms with Crippen molar-refractivity contribution >= 4 is 16.9 Å². The van der Waals surface area contributed by atoms with Gasteiger partial charge in [-0.25, -0.2) is 0 Å². The summed E-state index contributed by atoms with van der Waals surface area (Å²) < 4.78 is 5.30. The second kappa shape index (κ2) is 5.82. The first kappa shape index (κ1) is 15.0. The van der Waals surface area contributed by atoms with Gasteiger partial charge in [0.25, 0.3) is 0 Å². The van der Waals surface area contributed by atoms with E-state index in [9.17, 15) is 4.79 Å². The maximum absolute atomic E-state index is 13.0. The molecule has 4 rings (SSSR count). The van der Waals surface area contributed by atoms with E-state index >= 15 is 0 Å². The number of benzene rings is 2. The van der Waals surface area contributed by atoms with Crippen LogP contribution >= 0.6 is 0 Å². The van der Waals surface area contributed by atoms with Gasteiger partial charge in [-0.15, -0.1) is 0 Å². The van der Waals surface area contributed by atoms with Crippen molar-refractivity contribution in [2.45, 2.75) is 31.1 Å². The lowest BCUT2D eigenvalue weighted by atomic mass is 9.73. The Hall–Kier alpha value is -2.55. The number of aromatic nitrogens is 1. The van der Waals surface area contributed by atoms with Crippen LogP contribution in [0.15, 0.2) is 54.6 Å². The number of carbonyl (C=O) groups excluding carboxylic acids is 1. The molecular weight excluding hydrogens is 298 g/mol. The number of H-pyrrole nitrogens is 1. The predicted molar refractivity (Wildman–Crippen MR) is 95.1 cm³/mol. The maximum Gasteiger partial charge on any atom is 0.322 e. The summed E-state index contributed by atoms with van der Waals surface area (Å²) in [6, 6.07) is 18.4. The molecule has 0 saturated carbocycles. The van der Waals surface area contributed by atoms with Crippen LogP contribution in [0, 0.1) is 0 Å². The molecule has 3 nitrogen and oxygen atoms in total. The lowest BCUT2D eigenvalue weighted by molar-refractivity contribution is -0.146. The van der Waals surface area contributed by atoms with E-state index in [4.69, 9.17) is 4.74 Å². The van der Waals surface area contributed by atoms with Gasteiger partial charge in [0, 0.05) is 16.6 Å². The van der Waals surface area contributed by atoms with E-state index in [0.717, 1.165) is 42.5 Å². The summed E-state index contributed by atoms with van der Waals surface area (Å²) in [6.07, 6.45) is 3.84. The number of para-hydroxylation sites is 1. The monoisotopic (exact) mass is 319 g/mol. The summed E-state index contributed by atoms with van der Waals surface area (Å²) in [5.74, 6) is -0.177. The number of carbonyl (C=O) groups is 1. The first-order valence-corrected chi connectivity index (χ1v) is 8.51. The Morgan fingerprint density at radius 2 is 1.79 bits per heavy atom. The molecule has 122 valence electrons. The molecule has 1 atom stereocenters. The standard InChI is InChI=1S/C21H21NO2/c1-24-20(23)21(15-9-3-2-4-10-15)14-8-7-12-17-16-11-5-6-13-18(16)22-19(17)21/h2-6,9-11,13,22H,7-8,12,14H2,1H3/t21-/m0/s1. The van der Waals surface area contributed by atoms with Gasteiger partial charge in [-0.05, 0) is 36.5 Å². The van der Waals surface area contributed by atoms with Crippen LogP contribution in [0.4, 0.5) is 0 Å². The highest BCUT2D eigenvalue weighted by molar-refractivity contribution is 5.93. The number of ether oxygens (including phenoxy) is 1. The smallest absolute Gasteiger partial charge is 0.322 e. The highest BCUT2D eigenvalue weighted by Gasteiger charge is 2.46. The van der Waals surface area contributed by atoms with Crippen molar-refractivity contribution in [3.05, 3.63) is 71.4 Å². The van der Waals surface area contributed by atoms with Gasteiger partial charge in [-0.2, -0.15) is 0 Å². The molecule has 1 aromatic heterocycles. The van der Waals surface area contributed by atoms with E-state index in [1.165, 1.54) is 18.1 Å². The van der Waals surface area contributed by atoms with Crippen LogP contribution < -0.4 is 0 Å². The molecule has 0 saturated heterocycles. The zero-order valence-electron chi connectivity index (χ0n) is 13.8. The zero-order valence-corrected chi connectivity index (χ0v) is 13.8. The van der Waals surface area contributed by atoms with Gasteiger partial charge in [0.15, 0.2) is 0 Å². The number of hydrogen-bond donors (Lipinski definition) is 1. The van der Waals surface area contributed by atoms with E-state index < -0.39 is 5.41 Å². The molecule has 0 spiro atoms. The average Bonchev–Trinajstić information content (AvgIpc) is 2.90. The Labute approximate surface area is 141 Å². The predicted octanol–water partition coefficient (Wildman–Crippen LogP) is 4.35. The molecule has 2 aromatic carbocycles. The minimum Gasteiger partial charge on any atom is -0.468 e. The van der Waals surface area contributed by atoms with Crippen molar-refractivity contribution in [3.8, 4) is 0 Å². The van der Waals surface area contributed by atoms with Crippen LogP contribution in [-0.2, 0) is 21.4 Å². The summed E-state index contributed by atoms with van der Waals surface area (Å²) >= 11 is 0. The maximum atomic E-state index is 13.0. The molecule has 0 radical (unpaired) electrons. The Morgan fingerprint density at radius 3 is 2.58 bits per heavy atom. The summed E-state index contributed by atoms with van der Waals surface area (Å²) in [5.41, 5.74) is 3.62. The summed E-state index contributed by atoms with van der Waals surface area (Å²) in [7, 11) is 1.49. The molecule has 1 aliphatic rings. The summed E-state index contributed by atoms with van der Waals surface area (Å²) in [5, 5.41) is 1.22. The molecule has 0 fully saturated rings. The molecule has 0 aliphatic heterocycles. The Balaban J connectivity index is 2.06. The molecular formula is C21H21NO2. The molecule has 1 heterocycles. The third-order valence-corrected chi connectivity index (χ3v) is 5.27. The molecule has 24 heavy (non-hydrogen) atoms.